The van der Waals surface area contributed by atoms with E-state index in [0.29, 0.717) is 0 Å². The zero-order valence-electron chi connectivity index (χ0n) is 14.8. The Morgan fingerprint density at radius 3 is 3.00 bits per heavy atom. The van der Waals surface area contributed by atoms with E-state index in [1.807, 2.05) is 42.5 Å². The minimum Gasteiger partial charge on any atom is -0.332 e. The molecule has 7 nitrogen and oxygen atoms in total. The van der Waals surface area contributed by atoms with Crippen LogP contribution in [0.25, 0.3) is 11.1 Å². The summed E-state index contributed by atoms with van der Waals surface area (Å²) in [4.78, 5) is 19.1. The average molecular weight is 350 g/mol. The minimum absolute atomic E-state index is 0.0110. The molecule has 0 aliphatic carbocycles. The number of carbonyl (C=O) groups excluding carboxylic acids is 1. The molecular formula is C19H22N6O. The van der Waals surface area contributed by atoms with Crippen molar-refractivity contribution in [1.29, 1.82) is 0 Å². The molecule has 1 N–H and O–H groups in total. The predicted octanol–water partition coefficient (Wildman–Crippen LogP) is 2.73. The molecule has 7 heteroatoms. The first-order valence-electron chi connectivity index (χ1n) is 8.95. The summed E-state index contributed by atoms with van der Waals surface area (Å²) in [6.45, 7) is 3.07. The van der Waals surface area contributed by atoms with Crippen LogP contribution in [0.15, 0.2) is 43.1 Å². The van der Waals surface area contributed by atoms with Crippen molar-refractivity contribution in [2.24, 2.45) is 0 Å². The highest BCUT2D eigenvalue weighted by Crippen LogP contribution is 2.36. The van der Waals surface area contributed by atoms with Gasteiger partial charge in [-0.2, -0.15) is 10.2 Å². The number of hydrogen-bond donors (Lipinski definition) is 1. The lowest BCUT2D eigenvalue weighted by molar-refractivity contribution is -0.136. The SMILES string of the molecule is Cc1cnccc1-c1cn[nH]c1C1CCCCN1C(=O)Cn1cccn1. The fourth-order valence-corrected chi connectivity index (χ4v) is 3.69. The number of piperidine rings is 1. The molecule has 0 bridgehead atoms. The summed E-state index contributed by atoms with van der Waals surface area (Å²) in [6.07, 6.45) is 12.1. The fraction of sp³-hybridized carbons (Fsp3) is 0.368. The van der Waals surface area contributed by atoms with Crippen molar-refractivity contribution in [3.8, 4) is 11.1 Å². The van der Waals surface area contributed by atoms with Gasteiger partial charge >= 0.3 is 0 Å². The number of nitrogens with zero attached hydrogens (tertiary/aromatic N) is 5. The lowest BCUT2D eigenvalue weighted by atomic mass is 9.93. The normalized spacial score (nSPS) is 17.4. The molecule has 4 rings (SSSR count). The van der Waals surface area contributed by atoms with Crippen molar-refractivity contribution in [2.75, 3.05) is 6.54 Å². The van der Waals surface area contributed by atoms with E-state index in [0.717, 1.165) is 48.2 Å². The van der Waals surface area contributed by atoms with E-state index in [4.69, 9.17) is 0 Å². The third-order valence-corrected chi connectivity index (χ3v) is 4.99. The van der Waals surface area contributed by atoms with Gasteiger partial charge in [0, 0.05) is 36.9 Å². The van der Waals surface area contributed by atoms with E-state index >= 15 is 0 Å². The Balaban J connectivity index is 1.64. The Morgan fingerprint density at radius 2 is 2.19 bits per heavy atom. The number of likely N-dealkylation sites (tertiary alicyclic amines) is 1. The first kappa shape index (κ1) is 16.5. The van der Waals surface area contributed by atoms with Crippen LogP contribution < -0.4 is 0 Å². The smallest absolute Gasteiger partial charge is 0.244 e. The molecule has 1 amide bonds. The lowest BCUT2D eigenvalue weighted by Gasteiger charge is -2.35. The molecule has 1 atom stereocenters. The molecule has 134 valence electrons. The number of amides is 1. The number of hydrogen-bond acceptors (Lipinski definition) is 4. The largest absolute Gasteiger partial charge is 0.332 e. The fourth-order valence-electron chi connectivity index (χ4n) is 3.69. The van der Waals surface area contributed by atoms with Crippen molar-refractivity contribution >= 4 is 5.91 Å². The summed E-state index contributed by atoms with van der Waals surface area (Å²) in [6, 6.07) is 3.85. The van der Waals surface area contributed by atoms with Crippen LogP contribution in [-0.2, 0) is 11.3 Å². The minimum atomic E-state index is 0.0110. The molecule has 0 spiro atoms. The summed E-state index contributed by atoms with van der Waals surface area (Å²) < 4.78 is 1.68. The summed E-state index contributed by atoms with van der Waals surface area (Å²) in [5.41, 5.74) is 4.26. The van der Waals surface area contributed by atoms with Crippen molar-refractivity contribution in [1.82, 2.24) is 29.9 Å². The number of carbonyl (C=O) groups is 1. The van der Waals surface area contributed by atoms with Gasteiger partial charge in [-0.25, -0.2) is 0 Å². The second kappa shape index (κ2) is 7.11. The van der Waals surface area contributed by atoms with E-state index in [2.05, 4.69) is 20.3 Å². The molecule has 0 aromatic carbocycles. The Kier molecular flexibility index (Phi) is 4.51. The second-order valence-electron chi connectivity index (χ2n) is 6.69. The van der Waals surface area contributed by atoms with Gasteiger partial charge in [0.2, 0.25) is 5.91 Å². The van der Waals surface area contributed by atoms with Gasteiger partial charge in [-0.15, -0.1) is 0 Å². The number of H-pyrrole nitrogens is 1. The van der Waals surface area contributed by atoms with E-state index in [1.165, 1.54) is 0 Å². The topological polar surface area (TPSA) is 79.7 Å². The van der Waals surface area contributed by atoms with Gasteiger partial charge in [0.05, 0.1) is 17.9 Å². The van der Waals surface area contributed by atoms with Crippen molar-refractivity contribution in [3.63, 3.8) is 0 Å². The van der Waals surface area contributed by atoms with Crippen LogP contribution in [0.2, 0.25) is 0 Å². The summed E-state index contributed by atoms with van der Waals surface area (Å²) in [5.74, 6) is 0.0883. The maximum absolute atomic E-state index is 12.9. The highest BCUT2D eigenvalue weighted by atomic mass is 16.2. The van der Waals surface area contributed by atoms with Crippen LogP contribution in [0.1, 0.15) is 36.6 Å². The van der Waals surface area contributed by atoms with Gasteiger partial charge in [-0.1, -0.05) is 0 Å². The number of aromatic amines is 1. The molecule has 0 saturated carbocycles. The van der Waals surface area contributed by atoms with Crippen LogP contribution in [0.3, 0.4) is 0 Å². The van der Waals surface area contributed by atoms with Crippen molar-refractivity contribution in [3.05, 3.63) is 54.4 Å². The van der Waals surface area contributed by atoms with Crippen LogP contribution in [-0.4, -0.2) is 42.3 Å². The maximum Gasteiger partial charge on any atom is 0.244 e. The first-order valence-corrected chi connectivity index (χ1v) is 8.95. The van der Waals surface area contributed by atoms with Gasteiger partial charge in [-0.05, 0) is 49.4 Å². The molecule has 26 heavy (non-hydrogen) atoms. The summed E-state index contributed by atoms with van der Waals surface area (Å²) in [5, 5.41) is 11.6. The maximum atomic E-state index is 12.9. The summed E-state index contributed by atoms with van der Waals surface area (Å²) >= 11 is 0. The van der Waals surface area contributed by atoms with Gasteiger partial charge in [0.25, 0.3) is 0 Å². The Labute approximate surface area is 152 Å². The van der Waals surface area contributed by atoms with E-state index in [9.17, 15) is 4.79 Å². The van der Waals surface area contributed by atoms with Crippen LogP contribution in [0.5, 0.6) is 0 Å². The number of aryl methyl sites for hydroxylation is 1. The molecular weight excluding hydrogens is 328 g/mol. The quantitative estimate of drug-likeness (QED) is 0.784. The van der Waals surface area contributed by atoms with Crippen molar-refractivity contribution < 1.29 is 4.79 Å². The third-order valence-electron chi connectivity index (χ3n) is 4.99. The highest BCUT2D eigenvalue weighted by Gasteiger charge is 2.31. The first-order chi connectivity index (χ1) is 12.7. The Bertz CT molecular complexity index is 885. The molecule has 1 saturated heterocycles. The van der Waals surface area contributed by atoms with Gasteiger partial charge < -0.3 is 4.90 Å². The van der Waals surface area contributed by atoms with Gasteiger partial charge in [0.1, 0.15) is 6.54 Å². The molecule has 3 aromatic heterocycles. The highest BCUT2D eigenvalue weighted by molar-refractivity contribution is 5.77. The van der Waals surface area contributed by atoms with Crippen molar-refractivity contribution in [2.45, 2.75) is 38.8 Å². The molecule has 4 heterocycles. The van der Waals surface area contributed by atoms with Gasteiger partial charge in [-0.3, -0.25) is 19.6 Å². The number of nitrogens with one attached hydrogen (secondary N) is 1. The van der Waals surface area contributed by atoms with Gasteiger partial charge in [0.15, 0.2) is 0 Å². The van der Waals surface area contributed by atoms with E-state index in [1.54, 1.807) is 17.1 Å². The van der Waals surface area contributed by atoms with E-state index in [-0.39, 0.29) is 18.5 Å². The molecule has 1 fully saturated rings. The van der Waals surface area contributed by atoms with Crippen LogP contribution >= 0.6 is 0 Å². The van der Waals surface area contributed by atoms with E-state index < -0.39 is 0 Å². The molecule has 3 aromatic rings. The van der Waals surface area contributed by atoms with Crippen LogP contribution in [0.4, 0.5) is 0 Å². The second-order valence-corrected chi connectivity index (χ2v) is 6.69. The predicted molar refractivity (Wildman–Crippen MR) is 97.1 cm³/mol. The van der Waals surface area contributed by atoms with Crippen LogP contribution in [0, 0.1) is 6.92 Å². The molecule has 0 radical (unpaired) electrons. The lowest BCUT2D eigenvalue weighted by Crippen LogP contribution is -2.40. The zero-order valence-corrected chi connectivity index (χ0v) is 14.8. The monoisotopic (exact) mass is 350 g/mol. The number of aromatic nitrogens is 5. The number of rotatable bonds is 4. The number of pyridine rings is 1. The average Bonchev–Trinajstić information content (AvgIpc) is 3.34. The molecule has 1 unspecified atom stereocenters. The standard InChI is InChI=1S/C19H22N6O/c1-14-11-20-8-6-15(14)16-12-21-23-19(16)17-5-2-3-10-25(17)18(26)13-24-9-4-7-22-24/h4,6-9,11-12,17H,2-3,5,10,13H2,1H3,(H,21,23). The summed E-state index contributed by atoms with van der Waals surface area (Å²) in [7, 11) is 0. The Morgan fingerprint density at radius 1 is 1.27 bits per heavy atom. The molecule has 1 aliphatic heterocycles. The molecule has 1 aliphatic rings. The zero-order chi connectivity index (χ0) is 17.9. The Hall–Kier alpha value is -2.96. The third kappa shape index (κ3) is 3.12.